The van der Waals surface area contributed by atoms with Gasteiger partial charge in [-0.05, 0) is 19.1 Å². The van der Waals surface area contributed by atoms with Crippen molar-refractivity contribution in [1.29, 1.82) is 0 Å². The zero-order valence-corrected chi connectivity index (χ0v) is 8.24. The topological polar surface area (TPSA) is 33.6 Å². The van der Waals surface area contributed by atoms with Gasteiger partial charge in [-0.25, -0.2) is 0 Å². The van der Waals surface area contributed by atoms with Crippen LogP contribution in [-0.2, 0) is 0 Å². The molecule has 14 heavy (non-hydrogen) atoms. The van der Waals surface area contributed by atoms with Crippen LogP contribution in [0.5, 0.6) is 5.75 Å². The molecule has 72 valence electrons. The van der Waals surface area contributed by atoms with Crippen LogP contribution in [0.4, 0.5) is 5.69 Å². The quantitative estimate of drug-likeness (QED) is 0.448. The minimum absolute atomic E-state index is 0.604. The van der Waals surface area contributed by atoms with E-state index < -0.39 is 0 Å². The van der Waals surface area contributed by atoms with E-state index >= 15 is 0 Å². The summed E-state index contributed by atoms with van der Waals surface area (Å²) in [4.78, 5) is 0. The van der Waals surface area contributed by atoms with Crippen molar-refractivity contribution in [3.05, 3.63) is 24.3 Å². The van der Waals surface area contributed by atoms with E-state index in [1.165, 1.54) is 0 Å². The maximum atomic E-state index is 5.15. The molecule has 3 nitrogen and oxygen atoms in total. The summed E-state index contributed by atoms with van der Waals surface area (Å²) in [6, 6.07) is 7.47. The van der Waals surface area contributed by atoms with Crippen molar-refractivity contribution in [2.45, 2.75) is 6.92 Å². The van der Waals surface area contributed by atoms with Crippen LogP contribution in [0.15, 0.2) is 29.4 Å². The third-order valence-electron chi connectivity index (χ3n) is 1.63. The van der Waals surface area contributed by atoms with Gasteiger partial charge < -0.3 is 4.74 Å². The SMILES string of the molecule is C#C/C(C)=N/Nc1cccc(OC)c1. The lowest BCUT2D eigenvalue weighted by Gasteiger charge is -2.03. The van der Waals surface area contributed by atoms with Crippen LogP contribution >= 0.6 is 0 Å². The highest BCUT2D eigenvalue weighted by molar-refractivity contribution is 5.98. The smallest absolute Gasteiger partial charge is 0.120 e. The summed E-state index contributed by atoms with van der Waals surface area (Å²) < 4.78 is 5.06. The molecule has 0 aliphatic rings. The van der Waals surface area contributed by atoms with Gasteiger partial charge in [-0.2, -0.15) is 5.10 Å². The van der Waals surface area contributed by atoms with Crippen LogP contribution < -0.4 is 10.2 Å². The fourth-order valence-corrected chi connectivity index (χ4v) is 0.873. The maximum Gasteiger partial charge on any atom is 0.120 e. The molecule has 0 bridgehead atoms. The highest BCUT2D eigenvalue weighted by Gasteiger charge is 1.93. The zero-order chi connectivity index (χ0) is 10.4. The lowest BCUT2D eigenvalue weighted by Crippen LogP contribution is -1.94. The number of rotatable bonds is 3. The summed E-state index contributed by atoms with van der Waals surface area (Å²) in [5.41, 5.74) is 4.29. The predicted octanol–water partition coefficient (Wildman–Crippen LogP) is 2.12. The van der Waals surface area contributed by atoms with E-state index in [0.29, 0.717) is 5.71 Å². The first-order valence-corrected chi connectivity index (χ1v) is 4.17. The molecule has 3 heteroatoms. The highest BCUT2D eigenvalue weighted by Crippen LogP contribution is 2.16. The van der Waals surface area contributed by atoms with Gasteiger partial charge in [0.25, 0.3) is 0 Å². The van der Waals surface area contributed by atoms with Crippen LogP contribution in [-0.4, -0.2) is 12.8 Å². The molecule has 0 unspecified atom stereocenters. The second-order valence-electron chi connectivity index (χ2n) is 2.69. The first-order valence-electron chi connectivity index (χ1n) is 4.17. The van der Waals surface area contributed by atoms with E-state index in [1.807, 2.05) is 24.3 Å². The molecule has 1 rings (SSSR count). The highest BCUT2D eigenvalue weighted by atomic mass is 16.5. The third kappa shape index (κ3) is 2.83. The Balaban J connectivity index is 2.73. The Bertz CT molecular complexity index is 377. The first-order chi connectivity index (χ1) is 6.76. The van der Waals surface area contributed by atoms with Gasteiger partial charge in [0, 0.05) is 6.07 Å². The first kappa shape index (κ1) is 10.1. The van der Waals surface area contributed by atoms with Gasteiger partial charge in [0.1, 0.15) is 11.5 Å². The fraction of sp³-hybridized carbons (Fsp3) is 0.182. The van der Waals surface area contributed by atoms with Crippen LogP contribution in [0.2, 0.25) is 0 Å². The van der Waals surface area contributed by atoms with Crippen molar-refractivity contribution < 1.29 is 4.74 Å². The molecule has 0 heterocycles. The molecule has 1 aromatic carbocycles. The largest absolute Gasteiger partial charge is 0.497 e. The summed E-state index contributed by atoms with van der Waals surface area (Å²) in [7, 11) is 1.62. The second-order valence-corrected chi connectivity index (χ2v) is 2.69. The number of anilines is 1. The standard InChI is InChI=1S/C11H12N2O/c1-4-9(2)12-13-10-6-5-7-11(8-10)14-3/h1,5-8,13H,2-3H3/b12-9+. The lowest BCUT2D eigenvalue weighted by atomic mass is 10.3. The Morgan fingerprint density at radius 3 is 3.00 bits per heavy atom. The number of hydrogen-bond donors (Lipinski definition) is 1. The van der Waals surface area contributed by atoms with E-state index in [1.54, 1.807) is 14.0 Å². The van der Waals surface area contributed by atoms with E-state index in [2.05, 4.69) is 16.4 Å². The lowest BCUT2D eigenvalue weighted by molar-refractivity contribution is 0.415. The number of methoxy groups -OCH3 is 1. The Morgan fingerprint density at radius 1 is 1.57 bits per heavy atom. The maximum absolute atomic E-state index is 5.15. The van der Waals surface area contributed by atoms with E-state index in [4.69, 9.17) is 11.2 Å². The van der Waals surface area contributed by atoms with Gasteiger partial charge >= 0.3 is 0 Å². The molecular formula is C11H12N2O. The van der Waals surface area contributed by atoms with Gasteiger partial charge in [0.05, 0.1) is 12.8 Å². The van der Waals surface area contributed by atoms with Crippen molar-refractivity contribution in [1.82, 2.24) is 0 Å². The minimum atomic E-state index is 0.604. The number of benzene rings is 1. The van der Waals surface area contributed by atoms with E-state index in [0.717, 1.165) is 11.4 Å². The Morgan fingerprint density at radius 2 is 2.36 bits per heavy atom. The molecule has 0 fully saturated rings. The molecule has 0 aliphatic carbocycles. The van der Waals surface area contributed by atoms with Gasteiger partial charge in [-0.1, -0.05) is 12.0 Å². The summed E-state index contributed by atoms with van der Waals surface area (Å²) in [5, 5.41) is 3.96. The molecule has 0 amide bonds. The van der Waals surface area contributed by atoms with Crippen LogP contribution in [0.3, 0.4) is 0 Å². The number of hydrogen-bond acceptors (Lipinski definition) is 3. The summed E-state index contributed by atoms with van der Waals surface area (Å²) in [6.07, 6.45) is 5.15. The number of nitrogens with one attached hydrogen (secondary N) is 1. The molecule has 0 saturated carbocycles. The average Bonchev–Trinajstić information content (AvgIpc) is 2.26. The molecule has 0 atom stereocenters. The fourth-order valence-electron chi connectivity index (χ4n) is 0.873. The summed E-state index contributed by atoms with van der Waals surface area (Å²) >= 11 is 0. The molecule has 0 spiro atoms. The van der Waals surface area contributed by atoms with Crippen LogP contribution in [0, 0.1) is 12.3 Å². The van der Waals surface area contributed by atoms with Crippen molar-refractivity contribution in [3.63, 3.8) is 0 Å². The van der Waals surface area contributed by atoms with Crippen LogP contribution in [0.1, 0.15) is 6.92 Å². The molecule has 0 saturated heterocycles. The molecule has 0 radical (unpaired) electrons. The molecule has 1 N–H and O–H groups in total. The number of ether oxygens (including phenoxy) is 1. The summed E-state index contributed by atoms with van der Waals surface area (Å²) in [5.74, 6) is 3.20. The van der Waals surface area contributed by atoms with Crippen molar-refractivity contribution in [2.24, 2.45) is 5.10 Å². The van der Waals surface area contributed by atoms with Gasteiger partial charge in [-0.15, -0.1) is 6.42 Å². The van der Waals surface area contributed by atoms with Gasteiger partial charge in [0.15, 0.2) is 0 Å². The number of hydrazone groups is 1. The Hall–Kier alpha value is -1.95. The normalized spacial score (nSPS) is 10.5. The Labute approximate surface area is 83.8 Å². The number of nitrogens with zero attached hydrogens (tertiary/aromatic N) is 1. The third-order valence-corrected chi connectivity index (χ3v) is 1.63. The van der Waals surface area contributed by atoms with Crippen molar-refractivity contribution >= 4 is 11.4 Å². The van der Waals surface area contributed by atoms with E-state index in [-0.39, 0.29) is 0 Å². The van der Waals surface area contributed by atoms with E-state index in [9.17, 15) is 0 Å². The number of terminal acetylenes is 1. The van der Waals surface area contributed by atoms with Gasteiger partial charge in [-0.3, -0.25) is 5.43 Å². The molecule has 0 aliphatic heterocycles. The molecular weight excluding hydrogens is 176 g/mol. The van der Waals surface area contributed by atoms with Crippen LogP contribution in [0.25, 0.3) is 0 Å². The second kappa shape index (κ2) is 4.93. The predicted molar refractivity (Wildman–Crippen MR) is 58.6 cm³/mol. The Kier molecular flexibility index (Phi) is 3.57. The minimum Gasteiger partial charge on any atom is -0.497 e. The van der Waals surface area contributed by atoms with Crippen molar-refractivity contribution in [2.75, 3.05) is 12.5 Å². The van der Waals surface area contributed by atoms with Crippen molar-refractivity contribution in [3.8, 4) is 18.1 Å². The molecule has 1 aromatic rings. The monoisotopic (exact) mass is 188 g/mol. The zero-order valence-electron chi connectivity index (χ0n) is 8.24. The average molecular weight is 188 g/mol. The molecule has 0 aromatic heterocycles. The van der Waals surface area contributed by atoms with Gasteiger partial charge in [0.2, 0.25) is 0 Å². The summed E-state index contributed by atoms with van der Waals surface area (Å²) in [6.45, 7) is 1.76.